The number of aromatic nitrogens is 4. The molecular formula is C30H40N6O2. The minimum absolute atomic E-state index is 0.0608. The van der Waals surface area contributed by atoms with Gasteiger partial charge in [-0.3, -0.25) is 4.68 Å². The normalized spacial score (nSPS) is 11.7. The maximum Gasteiger partial charge on any atom is 0.356 e. The predicted molar refractivity (Wildman–Crippen MR) is 151 cm³/mol. The number of hydrogen-bond donors (Lipinski definition) is 2. The Bertz CT molecular complexity index is 1280. The van der Waals surface area contributed by atoms with E-state index in [9.17, 15) is 4.79 Å². The Morgan fingerprint density at radius 3 is 2.32 bits per heavy atom. The molecule has 0 saturated carbocycles. The Kier molecular flexibility index (Phi) is 10.8. The fraction of sp³-hybridized carbons (Fsp3) is 0.367. The van der Waals surface area contributed by atoms with Crippen LogP contribution in [0.3, 0.4) is 0 Å². The molecule has 4 aromatic rings. The molecule has 8 nitrogen and oxygen atoms in total. The van der Waals surface area contributed by atoms with Crippen LogP contribution in [0.15, 0.2) is 73.4 Å². The maximum atomic E-state index is 10.8. The Morgan fingerprint density at radius 1 is 1.05 bits per heavy atom. The molecule has 0 radical (unpaired) electrons. The van der Waals surface area contributed by atoms with Gasteiger partial charge in [0.1, 0.15) is 0 Å². The Hall–Kier alpha value is -3.75. The van der Waals surface area contributed by atoms with Crippen LogP contribution >= 0.6 is 0 Å². The molecule has 2 aromatic heterocycles. The summed E-state index contributed by atoms with van der Waals surface area (Å²) in [6.45, 7) is 9.75. The highest BCUT2D eigenvalue weighted by atomic mass is 16.4. The van der Waals surface area contributed by atoms with E-state index in [4.69, 9.17) is 10.8 Å². The Morgan fingerprint density at radius 2 is 1.74 bits per heavy atom. The number of nitrogens with zero attached hydrogens (tertiary/aromatic N) is 5. The lowest BCUT2D eigenvalue weighted by Gasteiger charge is -2.18. The van der Waals surface area contributed by atoms with Crippen molar-refractivity contribution >= 4 is 5.97 Å². The van der Waals surface area contributed by atoms with E-state index in [0.29, 0.717) is 12.6 Å². The number of carboxylic acids is 1. The monoisotopic (exact) mass is 516 g/mol. The van der Waals surface area contributed by atoms with Gasteiger partial charge < -0.3 is 20.3 Å². The Labute approximate surface area is 225 Å². The topological polar surface area (TPSA) is 102 Å². The summed E-state index contributed by atoms with van der Waals surface area (Å²) >= 11 is 0. The van der Waals surface area contributed by atoms with Crippen LogP contribution in [-0.4, -0.2) is 54.9 Å². The number of aromatic carboxylic acids is 1. The first-order valence-corrected chi connectivity index (χ1v) is 13.0. The third-order valence-corrected chi connectivity index (χ3v) is 6.25. The summed E-state index contributed by atoms with van der Waals surface area (Å²) in [6.07, 6.45) is 9.20. The first kappa shape index (κ1) is 28.8. The first-order valence-electron chi connectivity index (χ1n) is 13.0. The van der Waals surface area contributed by atoms with Gasteiger partial charge in [-0.2, -0.15) is 5.10 Å². The zero-order valence-corrected chi connectivity index (χ0v) is 22.9. The first-order chi connectivity index (χ1) is 18.2. The van der Waals surface area contributed by atoms with Gasteiger partial charge in [-0.25, -0.2) is 9.78 Å². The molecule has 2 heterocycles. The molecule has 0 aliphatic rings. The van der Waals surface area contributed by atoms with Gasteiger partial charge in [0.05, 0.1) is 19.1 Å². The average molecular weight is 517 g/mol. The molecule has 0 aliphatic heterocycles. The van der Waals surface area contributed by atoms with E-state index >= 15 is 0 Å². The lowest BCUT2D eigenvalue weighted by Crippen LogP contribution is -2.22. The molecule has 0 spiro atoms. The van der Waals surface area contributed by atoms with Crippen molar-refractivity contribution in [2.75, 3.05) is 13.6 Å². The van der Waals surface area contributed by atoms with E-state index < -0.39 is 5.97 Å². The van der Waals surface area contributed by atoms with Crippen molar-refractivity contribution in [3.63, 3.8) is 0 Å². The van der Waals surface area contributed by atoms with Gasteiger partial charge in [0.2, 0.25) is 0 Å². The third-order valence-electron chi connectivity index (χ3n) is 6.25. The second-order valence-corrected chi connectivity index (χ2v) is 10.1. The number of benzene rings is 2. The molecule has 4 rings (SSSR count). The Balaban J connectivity index is 0.000000223. The van der Waals surface area contributed by atoms with Crippen molar-refractivity contribution in [3.8, 4) is 0 Å². The summed E-state index contributed by atoms with van der Waals surface area (Å²) in [4.78, 5) is 17.0. The fourth-order valence-corrected chi connectivity index (χ4v) is 4.10. The predicted octanol–water partition coefficient (Wildman–Crippen LogP) is 4.74. The third kappa shape index (κ3) is 9.61. The summed E-state index contributed by atoms with van der Waals surface area (Å²) in [5.74, 6) is -1.01. The van der Waals surface area contributed by atoms with E-state index in [1.807, 2.05) is 36.1 Å². The standard InChI is InChI=1S/C16H16N4O2.C14H24N2/c1-12-6-18-20(7-12)9-14-4-2-13(3-5-14)8-19-10-15(16(21)22)17-11-19;1-12-7-4-5-9-14(12)11-16(3)10-6-8-13(2)15/h2-7,10-11H,8-9H2,1H3,(H,21,22);4-5,7,9,13H,6,8,10-11,15H2,1-3H3. The van der Waals surface area contributed by atoms with Crippen molar-refractivity contribution in [2.24, 2.45) is 5.73 Å². The molecule has 1 atom stereocenters. The van der Waals surface area contributed by atoms with Crippen molar-refractivity contribution in [1.29, 1.82) is 0 Å². The van der Waals surface area contributed by atoms with Crippen molar-refractivity contribution in [3.05, 3.63) is 107 Å². The summed E-state index contributed by atoms with van der Waals surface area (Å²) in [5.41, 5.74) is 12.0. The fourth-order valence-electron chi connectivity index (χ4n) is 4.10. The van der Waals surface area contributed by atoms with Gasteiger partial charge in [0.15, 0.2) is 5.69 Å². The van der Waals surface area contributed by atoms with Crippen molar-refractivity contribution in [1.82, 2.24) is 24.2 Å². The highest BCUT2D eigenvalue weighted by Crippen LogP contribution is 2.11. The summed E-state index contributed by atoms with van der Waals surface area (Å²) in [5, 5.41) is 13.1. The van der Waals surface area contributed by atoms with Crippen molar-refractivity contribution in [2.45, 2.75) is 59.3 Å². The smallest absolute Gasteiger partial charge is 0.356 e. The van der Waals surface area contributed by atoms with E-state index in [2.05, 4.69) is 72.3 Å². The lowest BCUT2D eigenvalue weighted by molar-refractivity contribution is 0.0691. The van der Waals surface area contributed by atoms with Gasteiger partial charge in [-0.05, 0) is 75.0 Å². The minimum Gasteiger partial charge on any atom is -0.476 e. The summed E-state index contributed by atoms with van der Waals surface area (Å²) in [6, 6.07) is 17.1. The van der Waals surface area contributed by atoms with Crippen molar-refractivity contribution < 1.29 is 9.90 Å². The zero-order valence-electron chi connectivity index (χ0n) is 22.9. The molecule has 202 valence electrons. The molecule has 3 N–H and O–H groups in total. The SMILES string of the molecule is Cc1ccccc1CN(C)CCCC(C)N.Cc1cnn(Cc2ccc(Cn3cnc(C(=O)O)c3)cc2)c1. The van der Waals surface area contributed by atoms with Gasteiger partial charge in [-0.15, -0.1) is 0 Å². The maximum absolute atomic E-state index is 10.8. The van der Waals surface area contributed by atoms with Gasteiger partial charge >= 0.3 is 5.97 Å². The molecular weight excluding hydrogens is 476 g/mol. The highest BCUT2D eigenvalue weighted by Gasteiger charge is 2.07. The van der Waals surface area contributed by atoms with Gasteiger partial charge in [-0.1, -0.05) is 48.5 Å². The number of nitrogens with two attached hydrogens (primary N) is 1. The van der Waals surface area contributed by atoms with E-state index in [1.54, 1.807) is 4.57 Å². The molecule has 0 amide bonds. The molecule has 1 unspecified atom stereocenters. The van der Waals surface area contributed by atoms with Crippen LogP contribution in [0.1, 0.15) is 58.1 Å². The number of aryl methyl sites for hydroxylation is 2. The van der Waals surface area contributed by atoms with E-state index in [0.717, 1.165) is 37.2 Å². The van der Waals surface area contributed by atoms with Crippen LogP contribution in [-0.2, 0) is 19.6 Å². The molecule has 8 heteroatoms. The number of carbonyl (C=O) groups is 1. The van der Waals surface area contributed by atoms with Crippen LogP contribution < -0.4 is 5.73 Å². The van der Waals surface area contributed by atoms with Crippen LogP contribution in [0, 0.1) is 13.8 Å². The average Bonchev–Trinajstić information content (AvgIpc) is 3.51. The number of hydrogen-bond acceptors (Lipinski definition) is 5. The second kappa shape index (κ2) is 14.3. The second-order valence-electron chi connectivity index (χ2n) is 10.1. The van der Waals surface area contributed by atoms with E-state index in [1.165, 1.54) is 35.6 Å². The largest absolute Gasteiger partial charge is 0.476 e. The highest BCUT2D eigenvalue weighted by molar-refractivity contribution is 5.84. The summed E-state index contributed by atoms with van der Waals surface area (Å²) in [7, 11) is 2.17. The van der Waals surface area contributed by atoms with Crippen LogP contribution in [0.4, 0.5) is 0 Å². The summed E-state index contributed by atoms with van der Waals surface area (Å²) < 4.78 is 3.66. The quantitative estimate of drug-likeness (QED) is 0.299. The van der Waals surface area contributed by atoms with E-state index in [-0.39, 0.29) is 5.69 Å². The molecule has 0 bridgehead atoms. The zero-order chi connectivity index (χ0) is 27.5. The lowest BCUT2D eigenvalue weighted by atomic mass is 10.1. The number of rotatable bonds is 11. The number of carboxylic acid groups (broad SMARTS) is 1. The van der Waals surface area contributed by atoms with Gasteiger partial charge in [0, 0.05) is 31.5 Å². The minimum atomic E-state index is -1.01. The number of imidazole rings is 1. The molecule has 0 saturated heterocycles. The van der Waals surface area contributed by atoms with Gasteiger partial charge in [0.25, 0.3) is 0 Å². The molecule has 0 fully saturated rings. The molecule has 2 aromatic carbocycles. The molecule has 0 aliphatic carbocycles. The molecule has 38 heavy (non-hydrogen) atoms. The van der Waals surface area contributed by atoms with Crippen LogP contribution in [0.5, 0.6) is 0 Å². The van der Waals surface area contributed by atoms with Crippen LogP contribution in [0.2, 0.25) is 0 Å². The van der Waals surface area contributed by atoms with Crippen LogP contribution in [0.25, 0.3) is 0 Å².